The van der Waals surface area contributed by atoms with Crippen LogP contribution in [0.3, 0.4) is 0 Å². The Bertz CT molecular complexity index is 899. The number of carbonyl (C=O) groups is 1. The zero-order valence-corrected chi connectivity index (χ0v) is 17.5. The largest absolute Gasteiger partial charge is 0.497 e. The highest BCUT2D eigenvalue weighted by molar-refractivity contribution is 5.79. The SMILES string of the molecule is COc1cccc(C(c2nc[nH]c2C)C(C)(C)NCC(=O)N2CCC[C@H]2C#N)c1. The number of rotatable bonds is 7. The molecule has 0 aliphatic carbocycles. The number of carbonyl (C=O) groups excluding carboxylic acids is 1. The lowest BCUT2D eigenvalue weighted by atomic mass is 9.79. The van der Waals surface area contributed by atoms with Gasteiger partial charge in [0.2, 0.25) is 5.91 Å². The maximum Gasteiger partial charge on any atom is 0.237 e. The van der Waals surface area contributed by atoms with E-state index in [1.54, 1.807) is 18.3 Å². The van der Waals surface area contributed by atoms with Gasteiger partial charge in [0, 0.05) is 23.7 Å². The summed E-state index contributed by atoms with van der Waals surface area (Å²) in [7, 11) is 1.65. The van der Waals surface area contributed by atoms with Gasteiger partial charge in [-0.15, -0.1) is 0 Å². The van der Waals surface area contributed by atoms with Crippen LogP contribution in [0.5, 0.6) is 5.75 Å². The van der Waals surface area contributed by atoms with Gasteiger partial charge in [-0.3, -0.25) is 4.79 Å². The number of nitrogens with zero attached hydrogens (tertiary/aromatic N) is 3. The molecule has 1 aliphatic heterocycles. The first kappa shape index (κ1) is 20.9. The van der Waals surface area contributed by atoms with E-state index in [0.717, 1.165) is 35.5 Å². The first-order chi connectivity index (χ1) is 13.9. The summed E-state index contributed by atoms with van der Waals surface area (Å²) in [4.78, 5) is 22.2. The molecular formula is C22H29N5O2. The third-order valence-corrected chi connectivity index (χ3v) is 5.71. The maximum absolute atomic E-state index is 12.7. The van der Waals surface area contributed by atoms with Gasteiger partial charge in [0.15, 0.2) is 0 Å². The minimum atomic E-state index is -0.468. The molecule has 29 heavy (non-hydrogen) atoms. The average Bonchev–Trinajstić information content (AvgIpc) is 3.35. The zero-order valence-electron chi connectivity index (χ0n) is 17.5. The van der Waals surface area contributed by atoms with E-state index in [0.29, 0.717) is 6.54 Å². The van der Waals surface area contributed by atoms with Gasteiger partial charge in [-0.1, -0.05) is 12.1 Å². The van der Waals surface area contributed by atoms with Crippen molar-refractivity contribution in [3.63, 3.8) is 0 Å². The zero-order chi connectivity index (χ0) is 21.0. The van der Waals surface area contributed by atoms with Crippen molar-refractivity contribution < 1.29 is 9.53 Å². The Balaban J connectivity index is 1.85. The van der Waals surface area contributed by atoms with Crippen molar-refractivity contribution in [1.82, 2.24) is 20.2 Å². The van der Waals surface area contributed by atoms with Crippen molar-refractivity contribution in [1.29, 1.82) is 5.26 Å². The molecule has 1 aromatic heterocycles. The van der Waals surface area contributed by atoms with Gasteiger partial charge >= 0.3 is 0 Å². The predicted octanol–water partition coefficient (Wildman–Crippen LogP) is 2.74. The summed E-state index contributed by atoms with van der Waals surface area (Å²) < 4.78 is 5.42. The highest BCUT2D eigenvalue weighted by Gasteiger charge is 2.36. The van der Waals surface area contributed by atoms with Crippen molar-refractivity contribution in [3.05, 3.63) is 47.5 Å². The summed E-state index contributed by atoms with van der Waals surface area (Å²) in [6.07, 6.45) is 3.33. The van der Waals surface area contributed by atoms with Gasteiger partial charge in [0.1, 0.15) is 11.8 Å². The molecule has 0 spiro atoms. The molecule has 0 radical (unpaired) electrons. The van der Waals surface area contributed by atoms with Crippen LogP contribution in [0.25, 0.3) is 0 Å². The third kappa shape index (κ3) is 4.43. The number of aromatic amines is 1. The molecule has 3 rings (SSSR count). The van der Waals surface area contributed by atoms with Crippen molar-refractivity contribution in [3.8, 4) is 11.8 Å². The molecule has 2 heterocycles. The van der Waals surface area contributed by atoms with Crippen LogP contribution in [-0.2, 0) is 4.79 Å². The number of aryl methyl sites for hydroxylation is 1. The molecule has 1 aliphatic rings. The Morgan fingerprint density at radius 2 is 2.31 bits per heavy atom. The van der Waals surface area contributed by atoms with Gasteiger partial charge in [0.25, 0.3) is 0 Å². The number of amides is 1. The Kier molecular flexibility index (Phi) is 6.23. The Hall–Kier alpha value is -2.85. The van der Waals surface area contributed by atoms with E-state index in [1.807, 2.05) is 25.1 Å². The first-order valence-corrected chi connectivity index (χ1v) is 9.95. The van der Waals surface area contributed by atoms with E-state index in [4.69, 9.17) is 4.74 Å². The van der Waals surface area contributed by atoms with Crippen molar-refractivity contribution >= 4 is 5.91 Å². The number of nitrogens with one attached hydrogen (secondary N) is 2. The molecule has 1 fully saturated rings. The quantitative estimate of drug-likeness (QED) is 0.752. The van der Waals surface area contributed by atoms with E-state index in [1.165, 1.54) is 0 Å². The number of hydrogen-bond donors (Lipinski definition) is 2. The molecule has 1 unspecified atom stereocenters. The monoisotopic (exact) mass is 395 g/mol. The molecule has 0 bridgehead atoms. The fraction of sp³-hybridized carbons (Fsp3) is 0.500. The van der Waals surface area contributed by atoms with Gasteiger partial charge in [0.05, 0.1) is 31.7 Å². The predicted molar refractivity (Wildman–Crippen MR) is 111 cm³/mol. The topological polar surface area (TPSA) is 94.0 Å². The molecule has 2 N–H and O–H groups in total. The molecule has 1 aromatic carbocycles. The summed E-state index contributed by atoms with van der Waals surface area (Å²) in [5.74, 6) is 0.647. The van der Waals surface area contributed by atoms with Crippen LogP contribution < -0.4 is 10.1 Å². The first-order valence-electron chi connectivity index (χ1n) is 9.95. The average molecular weight is 396 g/mol. The molecular weight excluding hydrogens is 366 g/mol. The maximum atomic E-state index is 12.7. The van der Waals surface area contributed by atoms with Crippen LogP contribution in [0.15, 0.2) is 30.6 Å². The molecule has 7 heteroatoms. The Labute approximate surface area is 172 Å². The second kappa shape index (κ2) is 8.66. The van der Waals surface area contributed by atoms with Gasteiger partial charge < -0.3 is 19.9 Å². The number of nitriles is 1. The number of ether oxygens (including phenoxy) is 1. The Morgan fingerprint density at radius 3 is 2.97 bits per heavy atom. The Morgan fingerprint density at radius 1 is 1.52 bits per heavy atom. The number of imidazole rings is 1. The summed E-state index contributed by atoms with van der Waals surface area (Å²) in [6, 6.07) is 9.87. The number of methoxy groups -OCH3 is 1. The number of benzene rings is 1. The van der Waals surface area contributed by atoms with E-state index in [9.17, 15) is 10.1 Å². The van der Waals surface area contributed by atoms with E-state index in [2.05, 4.69) is 41.3 Å². The minimum absolute atomic E-state index is 0.0368. The lowest BCUT2D eigenvalue weighted by Crippen LogP contribution is -2.50. The fourth-order valence-corrected chi connectivity index (χ4v) is 4.10. The highest BCUT2D eigenvalue weighted by Crippen LogP contribution is 2.36. The molecule has 154 valence electrons. The molecule has 1 saturated heterocycles. The van der Waals surface area contributed by atoms with E-state index >= 15 is 0 Å². The second-order valence-electron chi connectivity index (χ2n) is 8.07. The molecule has 2 atom stereocenters. The van der Waals surface area contributed by atoms with Crippen LogP contribution in [0.1, 0.15) is 49.6 Å². The normalized spacial score (nSPS) is 17.8. The van der Waals surface area contributed by atoms with Crippen molar-refractivity contribution in [2.45, 2.75) is 51.1 Å². The van der Waals surface area contributed by atoms with Crippen LogP contribution >= 0.6 is 0 Å². The van der Waals surface area contributed by atoms with Crippen LogP contribution in [0.2, 0.25) is 0 Å². The van der Waals surface area contributed by atoms with Crippen LogP contribution in [0.4, 0.5) is 0 Å². The lowest BCUT2D eigenvalue weighted by Gasteiger charge is -2.36. The summed E-state index contributed by atoms with van der Waals surface area (Å²) in [6.45, 7) is 6.97. The van der Waals surface area contributed by atoms with Crippen molar-refractivity contribution in [2.75, 3.05) is 20.2 Å². The number of H-pyrrole nitrogens is 1. The molecule has 0 saturated carbocycles. The lowest BCUT2D eigenvalue weighted by molar-refractivity contribution is -0.130. The highest BCUT2D eigenvalue weighted by atomic mass is 16.5. The van der Waals surface area contributed by atoms with Gasteiger partial charge in [-0.25, -0.2) is 4.98 Å². The number of likely N-dealkylation sites (tertiary alicyclic amines) is 1. The minimum Gasteiger partial charge on any atom is -0.497 e. The molecule has 2 aromatic rings. The van der Waals surface area contributed by atoms with Crippen molar-refractivity contribution in [2.24, 2.45) is 0 Å². The number of aromatic nitrogens is 2. The van der Waals surface area contributed by atoms with Crippen LogP contribution in [0, 0.1) is 18.3 Å². The molecule has 7 nitrogen and oxygen atoms in total. The van der Waals surface area contributed by atoms with Gasteiger partial charge in [-0.2, -0.15) is 5.26 Å². The molecule has 1 amide bonds. The summed E-state index contributed by atoms with van der Waals surface area (Å²) in [5, 5.41) is 12.7. The third-order valence-electron chi connectivity index (χ3n) is 5.71. The van der Waals surface area contributed by atoms with Crippen LogP contribution in [-0.4, -0.2) is 52.6 Å². The number of hydrogen-bond acceptors (Lipinski definition) is 5. The van der Waals surface area contributed by atoms with E-state index in [-0.39, 0.29) is 24.4 Å². The summed E-state index contributed by atoms with van der Waals surface area (Å²) >= 11 is 0. The second-order valence-corrected chi connectivity index (χ2v) is 8.07. The van der Waals surface area contributed by atoms with E-state index < -0.39 is 5.54 Å². The standard InChI is InChI=1S/C22H29N5O2/c1-15-21(25-14-24-15)20(16-7-5-9-18(11-16)29-4)22(2,3)26-13-19(28)27-10-6-8-17(27)12-23/h5,7,9,11,14,17,20,26H,6,8,10,13H2,1-4H3,(H,24,25)/t17-,20?/m0/s1. The fourth-order valence-electron chi connectivity index (χ4n) is 4.10. The smallest absolute Gasteiger partial charge is 0.237 e. The van der Waals surface area contributed by atoms with Gasteiger partial charge in [-0.05, 0) is 51.3 Å². The summed E-state index contributed by atoms with van der Waals surface area (Å²) in [5.41, 5.74) is 2.51.